The zero-order valence-electron chi connectivity index (χ0n) is 13.0. The monoisotopic (exact) mass is 297 g/mol. The minimum absolute atomic E-state index is 0.573. The molecule has 0 aliphatic heterocycles. The highest BCUT2D eigenvalue weighted by Gasteiger charge is 2.11. The molecular weight excluding hydrogens is 278 g/mol. The van der Waals surface area contributed by atoms with Gasteiger partial charge in [-0.1, -0.05) is 13.0 Å². The first kappa shape index (κ1) is 14.5. The highest BCUT2D eigenvalue weighted by atomic mass is 16.3. The number of hydrogen-bond donors (Lipinski definition) is 1. The number of para-hydroxylation sites is 1. The SMILES string of the molecule is CCc1ccnc(Nc2cccc3oc(CN(C)C)nc23)n1. The summed E-state index contributed by atoms with van der Waals surface area (Å²) in [5.41, 5.74) is 3.40. The lowest BCUT2D eigenvalue weighted by molar-refractivity contribution is 0.349. The van der Waals surface area contributed by atoms with Crippen LogP contribution in [0.1, 0.15) is 18.5 Å². The smallest absolute Gasteiger partial charge is 0.227 e. The van der Waals surface area contributed by atoms with Crippen molar-refractivity contribution in [1.29, 1.82) is 0 Å². The van der Waals surface area contributed by atoms with E-state index in [1.165, 1.54) is 0 Å². The van der Waals surface area contributed by atoms with Gasteiger partial charge in [-0.2, -0.15) is 0 Å². The van der Waals surface area contributed by atoms with Crippen LogP contribution in [0.15, 0.2) is 34.9 Å². The average Bonchev–Trinajstić information content (AvgIpc) is 2.90. The molecule has 0 aliphatic carbocycles. The zero-order chi connectivity index (χ0) is 15.5. The van der Waals surface area contributed by atoms with Crippen molar-refractivity contribution in [3.63, 3.8) is 0 Å². The predicted octanol–water partition coefficient (Wildman–Crippen LogP) is 2.99. The minimum atomic E-state index is 0.573. The number of nitrogens with one attached hydrogen (secondary N) is 1. The van der Waals surface area contributed by atoms with E-state index in [1.807, 2.05) is 43.3 Å². The van der Waals surface area contributed by atoms with Crippen molar-refractivity contribution in [3.8, 4) is 0 Å². The molecule has 1 aromatic carbocycles. The predicted molar refractivity (Wildman–Crippen MR) is 86.1 cm³/mol. The van der Waals surface area contributed by atoms with E-state index in [1.54, 1.807) is 6.20 Å². The first-order valence-corrected chi connectivity index (χ1v) is 7.28. The largest absolute Gasteiger partial charge is 0.439 e. The highest BCUT2D eigenvalue weighted by molar-refractivity contribution is 5.88. The normalized spacial score (nSPS) is 11.3. The van der Waals surface area contributed by atoms with E-state index < -0.39 is 0 Å². The van der Waals surface area contributed by atoms with Crippen LogP contribution < -0.4 is 5.32 Å². The maximum Gasteiger partial charge on any atom is 0.227 e. The van der Waals surface area contributed by atoms with Crippen molar-refractivity contribution < 1.29 is 4.42 Å². The molecule has 2 heterocycles. The molecule has 3 rings (SSSR count). The Kier molecular flexibility index (Phi) is 4.02. The minimum Gasteiger partial charge on any atom is -0.439 e. The topological polar surface area (TPSA) is 67.1 Å². The van der Waals surface area contributed by atoms with E-state index in [0.29, 0.717) is 18.4 Å². The average molecular weight is 297 g/mol. The molecule has 2 aromatic heterocycles. The van der Waals surface area contributed by atoms with Gasteiger partial charge < -0.3 is 14.6 Å². The van der Waals surface area contributed by atoms with Gasteiger partial charge in [-0.25, -0.2) is 15.0 Å². The Morgan fingerprint density at radius 3 is 2.82 bits per heavy atom. The van der Waals surface area contributed by atoms with E-state index in [-0.39, 0.29) is 0 Å². The fraction of sp³-hybridized carbons (Fsp3) is 0.312. The number of aromatic nitrogens is 3. The number of benzene rings is 1. The van der Waals surface area contributed by atoms with Crippen LogP contribution in [0.25, 0.3) is 11.1 Å². The summed E-state index contributed by atoms with van der Waals surface area (Å²) in [6.45, 7) is 2.73. The van der Waals surface area contributed by atoms with Crippen molar-refractivity contribution >= 4 is 22.7 Å². The first-order chi connectivity index (χ1) is 10.7. The van der Waals surface area contributed by atoms with Crippen LogP contribution in [0.5, 0.6) is 0 Å². The van der Waals surface area contributed by atoms with E-state index >= 15 is 0 Å². The van der Waals surface area contributed by atoms with Crippen molar-refractivity contribution in [1.82, 2.24) is 19.9 Å². The fourth-order valence-electron chi connectivity index (χ4n) is 2.21. The van der Waals surface area contributed by atoms with Gasteiger partial charge in [0, 0.05) is 11.9 Å². The van der Waals surface area contributed by atoms with Gasteiger partial charge >= 0.3 is 0 Å². The summed E-state index contributed by atoms with van der Waals surface area (Å²) >= 11 is 0. The standard InChI is InChI=1S/C16H19N5O/c1-4-11-8-9-17-16(18-11)19-12-6-5-7-13-15(12)20-14(22-13)10-21(2)3/h5-9H,4,10H2,1-3H3,(H,17,18,19). The molecule has 0 spiro atoms. The van der Waals surface area contributed by atoms with Gasteiger partial charge in [-0.05, 0) is 38.7 Å². The van der Waals surface area contributed by atoms with Crippen LogP contribution in [0, 0.1) is 0 Å². The molecule has 3 aromatic rings. The summed E-state index contributed by atoms with van der Waals surface area (Å²) in [7, 11) is 3.97. The maximum absolute atomic E-state index is 5.77. The third-order valence-corrected chi connectivity index (χ3v) is 3.24. The van der Waals surface area contributed by atoms with Crippen molar-refractivity contribution in [3.05, 3.63) is 42.0 Å². The summed E-state index contributed by atoms with van der Waals surface area (Å²) < 4.78 is 5.77. The lowest BCUT2D eigenvalue weighted by Crippen LogP contribution is -2.10. The molecule has 0 aliphatic rings. The maximum atomic E-state index is 5.77. The van der Waals surface area contributed by atoms with Crippen LogP contribution in [-0.4, -0.2) is 33.9 Å². The Balaban J connectivity index is 1.94. The summed E-state index contributed by atoms with van der Waals surface area (Å²) in [5, 5.41) is 3.23. The number of anilines is 2. The molecule has 0 fully saturated rings. The molecule has 114 valence electrons. The van der Waals surface area contributed by atoms with Crippen LogP contribution >= 0.6 is 0 Å². The van der Waals surface area contributed by atoms with Gasteiger partial charge in [0.25, 0.3) is 0 Å². The Hall–Kier alpha value is -2.47. The molecule has 6 heteroatoms. The lowest BCUT2D eigenvalue weighted by Gasteiger charge is -2.05. The molecule has 0 atom stereocenters. The Morgan fingerprint density at radius 1 is 1.18 bits per heavy atom. The molecule has 0 saturated heterocycles. The van der Waals surface area contributed by atoms with E-state index in [0.717, 1.165) is 28.9 Å². The van der Waals surface area contributed by atoms with Crippen LogP contribution in [0.4, 0.5) is 11.6 Å². The van der Waals surface area contributed by atoms with Gasteiger partial charge in [-0.3, -0.25) is 0 Å². The fourth-order valence-corrected chi connectivity index (χ4v) is 2.21. The first-order valence-electron chi connectivity index (χ1n) is 7.28. The molecular formula is C16H19N5O. The van der Waals surface area contributed by atoms with Gasteiger partial charge in [0.05, 0.1) is 12.2 Å². The van der Waals surface area contributed by atoms with E-state index in [4.69, 9.17) is 4.42 Å². The van der Waals surface area contributed by atoms with Crippen molar-refractivity contribution in [2.75, 3.05) is 19.4 Å². The second-order valence-electron chi connectivity index (χ2n) is 5.35. The lowest BCUT2D eigenvalue weighted by atomic mass is 10.3. The number of nitrogens with zero attached hydrogens (tertiary/aromatic N) is 4. The molecule has 0 unspecified atom stereocenters. The third kappa shape index (κ3) is 3.07. The number of fused-ring (bicyclic) bond motifs is 1. The molecule has 0 amide bonds. The van der Waals surface area contributed by atoms with Crippen LogP contribution in [0.2, 0.25) is 0 Å². The van der Waals surface area contributed by atoms with Crippen molar-refractivity contribution in [2.45, 2.75) is 19.9 Å². The van der Waals surface area contributed by atoms with Gasteiger partial charge in [0.2, 0.25) is 11.8 Å². The summed E-state index contributed by atoms with van der Waals surface area (Å²) in [4.78, 5) is 15.3. The highest BCUT2D eigenvalue weighted by Crippen LogP contribution is 2.26. The Morgan fingerprint density at radius 2 is 2.05 bits per heavy atom. The zero-order valence-corrected chi connectivity index (χ0v) is 13.0. The quantitative estimate of drug-likeness (QED) is 0.781. The molecule has 22 heavy (non-hydrogen) atoms. The van der Waals surface area contributed by atoms with E-state index in [2.05, 4.69) is 27.2 Å². The van der Waals surface area contributed by atoms with Crippen LogP contribution in [0.3, 0.4) is 0 Å². The molecule has 0 bridgehead atoms. The Bertz CT molecular complexity index is 781. The van der Waals surface area contributed by atoms with Crippen LogP contribution in [-0.2, 0) is 13.0 Å². The Labute approximate surface area is 129 Å². The number of hydrogen-bond acceptors (Lipinski definition) is 6. The second-order valence-corrected chi connectivity index (χ2v) is 5.35. The van der Waals surface area contributed by atoms with Crippen molar-refractivity contribution in [2.24, 2.45) is 0 Å². The molecule has 1 N–H and O–H groups in total. The van der Waals surface area contributed by atoms with Gasteiger partial charge in [0.1, 0.15) is 5.52 Å². The molecule has 0 radical (unpaired) electrons. The van der Waals surface area contributed by atoms with E-state index in [9.17, 15) is 0 Å². The summed E-state index contributed by atoms with van der Waals surface area (Å²) in [6, 6.07) is 7.71. The summed E-state index contributed by atoms with van der Waals surface area (Å²) in [5.74, 6) is 1.27. The number of oxazole rings is 1. The molecule has 6 nitrogen and oxygen atoms in total. The van der Waals surface area contributed by atoms with Gasteiger partial charge in [0.15, 0.2) is 5.58 Å². The van der Waals surface area contributed by atoms with Gasteiger partial charge in [-0.15, -0.1) is 0 Å². The number of rotatable bonds is 5. The third-order valence-electron chi connectivity index (χ3n) is 3.24. The number of aryl methyl sites for hydroxylation is 1. The second kappa shape index (κ2) is 6.11. The summed E-state index contributed by atoms with van der Waals surface area (Å²) in [6.07, 6.45) is 2.63. The molecule has 0 saturated carbocycles.